The van der Waals surface area contributed by atoms with E-state index in [4.69, 9.17) is 17.3 Å². The Hall–Kier alpha value is -0.540. The van der Waals surface area contributed by atoms with E-state index in [1.54, 1.807) is 6.20 Å². The summed E-state index contributed by atoms with van der Waals surface area (Å²) in [5.41, 5.74) is 7.08. The Labute approximate surface area is 102 Å². The van der Waals surface area contributed by atoms with Crippen molar-refractivity contribution in [2.45, 2.75) is 38.0 Å². The molecule has 0 amide bonds. The number of rotatable bonds is 2. The Bertz CT molecular complexity index is 329. The molecule has 0 aliphatic heterocycles. The van der Waals surface area contributed by atoms with E-state index in [0.717, 1.165) is 11.6 Å². The van der Waals surface area contributed by atoms with Crippen LogP contribution in [-0.4, -0.2) is 16.3 Å². The van der Waals surface area contributed by atoms with Crippen molar-refractivity contribution in [1.29, 1.82) is 0 Å². The second-order valence-corrected chi connectivity index (χ2v) is 5.15. The van der Waals surface area contributed by atoms with Crippen LogP contribution in [0.4, 0.5) is 0 Å². The fourth-order valence-electron chi connectivity index (χ4n) is 2.86. The molecule has 1 aliphatic rings. The first kappa shape index (κ1) is 11.9. The number of nitrogens with zero attached hydrogens (tertiary/aromatic N) is 2. The van der Waals surface area contributed by atoms with Gasteiger partial charge in [0.25, 0.3) is 0 Å². The van der Waals surface area contributed by atoms with Gasteiger partial charge in [-0.3, -0.25) is 4.68 Å². The van der Waals surface area contributed by atoms with Crippen molar-refractivity contribution < 1.29 is 0 Å². The summed E-state index contributed by atoms with van der Waals surface area (Å²) in [7, 11) is 1.97. The Morgan fingerprint density at radius 2 is 2.19 bits per heavy atom. The number of aromatic nitrogens is 2. The zero-order valence-corrected chi connectivity index (χ0v) is 10.6. The van der Waals surface area contributed by atoms with Crippen molar-refractivity contribution in [3.63, 3.8) is 0 Å². The Morgan fingerprint density at radius 3 is 2.81 bits per heavy atom. The molecule has 2 rings (SSSR count). The summed E-state index contributed by atoms with van der Waals surface area (Å²) >= 11 is 6.23. The van der Waals surface area contributed by atoms with Crippen LogP contribution >= 0.6 is 11.6 Å². The lowest BCUT2D eigenvalue weighted by Gasteiger charge is -2.24. The Kier molecular flexibility index (Phi) is 3.87. The predicted molar refractivity (Wildman–Crippen MR) is 66.6 cm³/mol. The summed E-state index contributed by atoms with van der Waals surface area (Å²) in [4.78, 5) is 0. The van der Waals surface area contributed by atoms with Crippen LogP contribution in [0, 0.1) is 5.92 Å². The lowest BCUT2D eigenvalue weighted by molar-refractivity contribution is 0.390. The SMILES string of the molecule is Cn1ncc(Cl)c1C1CCCCCC1CN. The molecule has 1 fully saturated rings. The van der Waals surface area contributed by atoms with E-state index in [2.05, 4.69) is 5.10 Å². The maximum atomic E-state index is 6.23. The zero-order valence-electron chi connectivity index (χ0n) is 9.82. The molecule has 3 nitrogen and oxygen atoms in total. The van der Waals surface area contributed by atoms with Crippen molar-refractivity contribution in [2.24, 2.45) is 18.7 Å². The van der Waals surface area contributed by atoms with Crippen LogP contribution < -0.4 is 5.73 Å². The number of halogens is 1. The van der Waals surface area contributed by atoms with Crippen LogP contribution in [0.25, 0.3) is 0 Å². The maximum absolute atomic E-state index is 6.23. The van der Waals surface area contributed by atoms with E-state index >= 15 is 0 Å². The zero-order chi connectivity index (χ0) is 11.5. The Balaban J connectivity index is 2.28. The van der Waals surface area contributed by atoms with Gasteiger partial charge >= 0.3 is 0 Å². The van der Waals surface area contributed by atoms with Gasteiger partial charge in [0.05, 0.1) is 16.9 Å². The molecular formula is C12H20ClN3. The summed E-state index contributed by atoms with van der Waals surface area (Å²) in [6.45, 7) is 0.756. The quantitative estimate of drug-likeness (QED) is 0.810. The van der Waals surface area contributed by atoms with Gasteiger partial charge in [0, 0.05) is 13.0 Å². The van der Waals surface area contributed by atoms with Crippen molar-refractivity contribution in [2.75, 3.05) is 6.54 Å². The highest BCUT2D eigenvalue weighted by Crippen LogP contribution is 2.38. The van der Waals surface area contributed by atoms with Crippen molar-refractivity contribution in [1.82, 2.24) is 9.78 Å². The minimum absolute atomic E-state index is 0.493. The van der Waals surface area contributed by atoms with Gasteiger partial charge in [0.1, 0.15) is 0 Å². The standard InChI is InChI=1S/C12H20ClN3/c1-16-12(11(13)8-15-16)10-6-4-2-3-5-9(10)7-14/h8-10H,2-7,14H2,1H3. The number of nitrogens with two attached hydrogens (primary N) is 1. The number of hydrogen-bond acceptors (Lipinski definition) is 2. The topological polar surface area (TPSA) is 43.8 Å². The lowest BCUT2D eigenvalue weighted by atomic mass is 9.85. The first-order valence-corrected chi connectivity index (χ1v) is 6.49. The van der Waals surface area contributed by atoms with E-state index in [0.29, 0.717) is 11.8 Å². The van der Waals surface area contributed by atoms with Gasteiger partial charge < -0.3 is 5.73 Å². The average Bonchev–Trinajstić information content (AvgIpc) is 2.52. The minimum atomic E-state index is 0.493. The fraction of sp³-hybridized carbons (Fsp3) is 0.750. The van der Waals surface area contributed by atoms with Gasteiger partial charge in [-0.15, -0.1) is 0 Å². The van der Waals surface area contributed by atoms with Crippen LogP contribution in [0.15, 0.2) is 6.20 Å². The highest BCUT2D eigenvalue weighted by molar-refractivity contribution is 6.31. The molecule has 2 N–H and O–H groups in total. The van der Waals surface area contributed by atoms with Crippen molar-refractivity contribution in [3.8, 4) is 0 Å². The van der Waals surface area contributed by atoms with Crippen LogP contribution in [0.5, 0.6) is 0 Å². The molecule has 16 heavy (non-hydrogen) atoms. The molecule has 1 aliphatic carbocycles. The molecule has 1 aromatic heterocycles. The Morgan fingerprint density at radius 1 is 1.44 bits per heavy atom. The second-order valence-electron chi connectivity index (χ2n) is 4.74. The van der Waals surface area contributed by atoms with Gasteiger partial charge in [0.15, 0.2) is 0 Å². The molecule has 0 radical (unpaired) electrons. The van der Waals surface area contributed by atoms with Gasteiger partial charge in [-0.1, -0.05) is 30.9 Å². The van der Waals surface area contributed by atoms with E-state index < -0.39 is 0 Å². The van der Waals surface area contributed by atoms with E-state index in [1.807, 2.05) is 11.7 Å². The second kappa shape index (κ2) is 5.19. The lowest BCUT2D eigenvalue weighted by Crippen LogP contribution is -2.23. The monoisotopic (exact) mass is 241 g/mol. The van der Waals surface area contributed by atoms with Crippen LogP contribution in [0.2, 0.25) is 5.02 Å². The highest BCUT2D eigenvalue weighted by atomic mass is 35.5. The summed E-state index contributed by atoms with van der Waals surface area (Å²) in [5.74, 6) is 1.06. The summed E-state index contributed by atoms with van der Waals surface area (Å²) in [6.07, 6.45) is 8.07. The number of hydrogen-bond donors (Lipinski definition) is 1. The average molecular weight is 242 g/mol. The van der Waals surface area contributed by atoms with Crippen LogP contribution in [-0.2, 0) is 7.05 Å². The molecule has 0 bridgehead atoms. The van der Waals surface area contributed by atoms with E-state index in [-0.39, 0.29) is 0 Å². The molecule has 90 valence electrons. The summed E-state index contributed by atoms with van der Waals surface area (Å²) in [5, 5.41) is 5.03. The molecule has 2 unspecified atom stereocenters. The third-order valence-electron chi connectivity index (χ3n) is 3.75. The first-order valence-electron chi connectivity index (χ1n) is 6.11. The molecule has 1 heterocycles. The molecule has 0 saturated heterocycles. The van der Waals surface area contributed by atoms with Crippen molar-refractivity contribution in [3.05, 3.63) is 16.9 Å². The van der Waals surface area contributed by atoms with E-state index in [1.165, 1.54) is 37.8 Å². The summed E-state index contributed by atoms with van der Waals surface area (Å²) < 4.78 is 1.92. The third-order valence-corrected chi connectivity index (χ3v) is 4.04. The molecule has 1 aromatic rings. The van der Waals surface area contributed by atoms with Crippen LogP contribution in [0.3, 0.4) is 0 Å². The van der Waals surface area contributed by atoms with Gasteiger partial charge in [-0.2, -0.15) is 5.10 Å². The van der Waals surface area contributed by atoms with Gasteiger partial charge in [-0.05, 0) is 25.3 Å². The normalized spacial score (nSPS) is 26.7. The molecule has 0 spiro atoms. The highest BCUT2D eigenvalue weighted by Gasteiger charge is 2.28. The smallest absolute Gasteiger partial charge is 0.0820 e. The predicted octanol–water partition coefficient (Wildman–Crippen LogP) is 2.70. The number of aryl methyl sites for hydroxylation is 1. The van der Waals surface area contributed by atoms with Crippen molar-refractivity contribution >= 4 is 11.6 Å². The molecular weight excluding hydrogens is 222 g/mol. The van der Waals surface area contributed by atoms with Gasteiger partial charge in [-0.25, -0.2) is 0 Å². The fourth-order valence-corrected chi connectivity index (χ4v) is 3.17. The maximum Gasteiger partial charge on any atom is 0.0820 e. The minimum Gasteiger partial charge on any atom is -0.330 e. The molecule has 0 aromatic carbocycles. The van der Waals surface area contributed by atoms with Gasteiger partial charge in [0.2, 0.25) is 0 Å². The first-order chi connectivity index (χ1) is 7.74. The molecule has 2 atom stereocenters. The van der Waals surface area contributed by atoms with Crippen LogP contribution in [0.1, 0.15) is 43.7 Å². The molecule has 1 saturated carbocycles. The largest absolute Gasteiger partial charge is 0.330 e. The third kappa shape index (κ3) is 2.25. The van der Waals surface area contributed by atoms with E-state index in [9.17, 15) is 0 Å². The molecule has 4 heteroatoms. The summed E-state index contributed by atoms with van der Waals surface area (Å²) in [6, 6.07) is 0.